The Balaban J connectivity index is 2.46. The Bertz CT molecular complexity index is 114. The van der Waals surface area contributed by atoms with Gasteiger partial charge < -0.3 is 5.11 Å². The third-order valence-corrected chi connectivity index (χ3v) is 2.18. The summed E-state index contributed by atoms with van der Waals surface area (Å²) >= 11 is 0. The molecule has 1 fully saturated rings. The van der Waals surface area contributed by atoms with E-state index in [0.717, 1.165) is 13.0 Å². The summed E-state index contributed by atoms with van der Waals surface area (Å²) in [7, 11) is 0. The van der Waals surface area contributed by atoms with Gasteiger partial charge in [-0.2, -0.15) is 0 Å². The summed E-state index contributed by atoms with van der Waals surface area (Å²) in [6.45, 7) is 7.49. The molecular formula is C8H17NO. The van der Waals surface area contributed by atoms with Crippen molar-refractivity contribution >= 4 is 0 Å². The third-order valence-electron chi connectivity index (χ3n) is 2.18. The summed E-state index contributed by atoms with van der Waals surface area (Å²) in [5, 5.41) is 9.46. The summed E-state index contributed by atoms with van der Waals surface area (Å²) in [6, 6.07) is 0.486. The highest BCUT2D eigenvalue weighted by atomic mass is 16.3. The van der Waals surface area contributed by atoms with Crippen molar-refractivity contribution in [3.8, 4) is 0 Å². The minimum absolute atomic E-state index is 0.185. The van der Waals surface area contributed by atoms with Gasteiger partial charge in [-0.25, -0.2) is 0 Å². The highest BCUT2D eigenvalue weighted by molar-refractivity contribution is 4.78. The first-order valence-corrected chi connectivity index (χ1v) is 4.05. The first-order chi connectivity index (χ1) is 4.61. The van der Waals surface area contributed by atoms with Crippen molar-refractivity contribution in [2.24, 2.45) is 5.92 Å². The van der Waals surface area contributed by atoms with E-state index in [2.05, 4.69) is 25.7 Å². The lowest BCUT2D eigenvalue weighted by Gasteiger charge is -2.23. The van der Waals surface area contributed by atoms with Gasteiger partial charge in [0.1, 0.15) is 6.23 Å². The number of likely N-dealkylation sites (tertiary alicyclic amines) is 1. The maximum atomic E-state index is 9.46. The summed E-state index contributed by atoms with van der Waals surface area (Å²) in [5.74, 6) is 0.664. The minimum atomic E-state index is -0.185. The molecule has 0 amide bonds. The van der Waals surface area contributed by atoms with Crippen LogP contribution >= 0.6 is 0 Å². The number of hydrogen-bond donors (Lipinski definition) is 1. The lowest BCUT2D eigenvalue weighted by molar-refractivity contribution is 0.0182. The Labute approximate surface area is 62.8 Å². The van der Waals surface area contributed by atoms with Crippen molar-refractivity contribution in [3.05, 3.63) is 0 Å². The second kappa shape index (κ2) is 2.89. The molecule has 0 spiro atoms. The smallest absolute Gasteiger partial charge is 0.107 e. The van der Waals surface area contributed by atoms with Crippen LogP contribution in [0.25, 0.3) is 0 Å². The molecule has 0 aromatic rings. The zero-order valence-corrected chi connectivity index (χ0v) is 7.04. The van der Waals surface area contributed by atoms with Crippen LogP contribution in [-0.2, 0) is 0 Å². The number of hydrogen-bond acceptors (Lipinski definition) is 2. The minimum Gasteiger partial charge on any atom is -0.378 e. The molecule has 0 aromatic heterocycles. The predicted octanol–water partition coefficient (Wildman–Crippen LogP) is 1.05. The lowest BCUT2D eigenvalue weighted by Crippen LogP contribution is -2.35. The molecule has 1 aliphatic heterocycles. The molecule has 2 unspecified atom stereocenters. The van der Waals surface area contributed by atoms with Crippen LogP contribution in [0.3, 0.4) is 0 Å². The van der Waals surface area contributed by atoms with Crippen molar-refractivity contribution in [3.63, 3.8) is 0 Å². The van der Waals surface area contributed by atoms with Crippen LogP contribution in [0.2, 0.25) is 0 Å². The molecule has 2 atom stereocenters. The normalized spacial score (nSPS) is 35.7. The highest BCUT2D eigenvalue weighted by Gasteiger charge is 2.28. The van der Waals surface area contributed by atoms with E-state index in [9.17, 15) is 5.11 Å². The van der Waals surface area contributed by atoms with Crippen molar-refractivity contribution in [2.45, 2.75) is 39.5 Å². The molecule has 1 heterocycles. The molecule has 0 aromatic carbocycles. The van der Waals surface area contributed by atoms with E-state index in [1.807, 2.05) is 0 Å². The highest BCUT2D eigenvalue weighted by Crippen LogP contribution is 2.22. The average molecular weight is 143 g/mol. The molecule has 0 radical (unpaired) electrons. The molecule has 2 nitrogen and oxygen atoms in total. The Morgan fingerprint density at radius 3 is 2.30 bits per heavy atom. The number of nitrogens with zero attached hydrogens (tertiary/aromatic N) is 1. The zero-order chi connectivity index (χ0) is 7.72. The maximum absolute atomic E-state index is 9.46. The largest absolute Gasteiger partial charge is 0.378 e. The first kappa shape index (κ1) is 8.02. The molecule has 2 heteroatoms. The van der Waals surface area contributed by atoms with E-state index in [-0.39, 0.29) is 6.23 Å². The van der Waals surface area contributed by atoms with Gasteiger partial charge in [0, 0.05) is 12.6 Å². The van der Waals surface area contributed by atoms with Crippen LogP contribution in [0, 0.1) is 5.92 Å². The number of rotatable bonds is 1. The molecule has 0 bridgehead atoms. The molecule has 1 N–H and O–H groups in total. The molecule has 1 saturated heterocycles. The predicted molar refractivity (Wildman–Crippen MR) is 41.6 cm³/mol. The SMILES string of the molecule is CC1CC(O)N(C(C)C)C1. The maximum Gasteiger partial charge on any atom is 0.107 e. The van der Waals surface area contributed by atoms with Crippen molar-refractivity contribution < 1.29 is 5.11 Å². The Hall–Kier alpha value is -0.0800. The monoisotopic (exact) mass is 143 g/mol. The van der Waals surface area contributed by atoms with E-state index < -0.39 is 0 Å². The van der Waals surface area contributed by atoms with Gasteiger partial charge in [-0.3, -0.25) is 4.90 Å². The van der Waals surface area contributed by atoms with E-state index in [0.29, 0.717) is 12.0 Å². The Morgan fingerprint density at radius 1 is 1.50 bits per heavy atom. The average Bonchev–Trinajstić information content (AvgIpc) is 2.10. The van der Waals surface area contributed by atoms with Crippen LogP contribution < -0.4 is 0 Å². The van der Waals surface area contributed by atoms with Gasteiger partial charge in [-0.15, -0.1) is 0 Å². The second-order valence-electron chi connectivity index (χ2n) is 3.61. The fourth-order valence-electron chi connectivity index (χ4n) is 1.61. The molecule has 60 valence electrons. The van der Waals surface area contributed by atoms with Gasteiger partial charge in [-0.05, 0) is 26.2 Å². The van der Waals surface area contributed by atoms with Crippen LogP contribution in [0.4, 0.5) is 0 Å². The van der Waals surface area contributed by atoms with Crippen LogP contribution in [0.5, 0.6) is 0 Å². The summed E-state index contributed by atoms with van der Waals surface area (Å²) in [6.07, 6.45) is 0.757. The lowest BCUT2D eigenvalue weighted by atomic mass is 10.1. The van der Waals surface area contributed by atoms with Crippen LogP contribution in [-0.4, -0.2) is 28.8 Å². The summed E-state index contributed by atoms with van der Waals surface area (Å²) in [4.78, 5) is 2.14. The third kappa shape index (κ3) is 1.50. The Morgan fingerprint density at radius 2 is 2.10 bits per heavy atom. The molecule has 0 aliphatic carbocycles. The van der Waals surface area contributed by atoms with Gasteiger partial charge in [-0.1, -0.05) is 6.92 Å². The van der Waals surface area contributed by atoms with Crippen molar-refractivity contribution in [2.75, 3.05) is 6.54 Å². The zero-order valence-electron chi connectivity index (χ0n) is 7.04. The van der Waals surface area contributed by atoms with E-state index in [1.54, 1.807) is 0 Å². The van der Waals surface area contributed by atoms with Crippen molar-refractivity contribution in [1.29, 1.82) is 0 Å². The van der Waals surface area contributed by atoms with E-state index >= 15 is 0 Å². The standard InChI is InChI=1S/C8H17NO/c1-6(2)9-5-7(3)4-8(9)10/h6-8,10H,4-5H2,1-3H3. The summed E-state index contributed by atoms with van der Waals surface area (Å²) < 4.78 is 0. The van der Waals surface area contributed by atoms with Gasteiger partial charge in [0.2, 0.25) is 0 Å². The van der Waals surface area contributed by atoms with Crippen molar-refractivity contribution in [1.82, 2.24) is 4.90 Å². The van der Waals surface area contributed by atoms with E-state index in [1.165, 1.54) is 0 Å². The first-order valence-electron chi connectivity index (χ1n) is 4.05. The number of aliphatic hydroxyl groups excluding tert-OH is 1. The Kier molecular flexibility index (Phi) is 2.32. The molecule has 1 aliphatic rings. The van der Waals surface area contributed by atoms with Gasteiger partial charge in [0.25, 0.3) is 0 Å². The van der Waals surface area contributed by atoms with E-state index in [4.69, 9.17) is 0 Å². The number of aliphatic hydroxyl groups is 1. The van der Waals surface area contributed by atoms with Gasteiger partial charge >= 0.3 is 0 Å². The quantitative estimate of drug-likeness (QED) is 0.593. The fraction of sp³-hybridized carbons (Fsp3) is 1.00. The van der Waals surface area contributed by atoms with Crippen LogP contribution in [0.1, 0.15) is 27.2 Å². The second-order valence-corrected chi connectivity index (χ2v) is 3.61. The van der Waals surface area contributed by atoms with Gasteiger partial charge in [0.15, 0.2) is 0 Å². The van der Waals surface area contributed by atoms with Gasteiger partial charge in [0.05, 0.1) is 0 Å². The van der Waals surface area contributed by atoms with Crippen LogP contribution in [0.15, 0.2) is 0 Å². The molecule has 1 rings (SSSR count). The summed E-state index contributed by atoms with van der Waals surface area (Å²) in [5.41, 5.74) is 0. The molecule has 10 heavy (non-hydrogen) atoms. The molecule has 0 saturated carbocycles. The molecular weight excluding hydrogens is 126 g/mol. The fourth-order valence-corrected chi connectivity index (χ4v) is 1.61. The topological polar surface area (TPSA) is 23.5 Å².